The van der Waals surface area contributed by atoms with Gasteiger partial charge >= 0.3 is 0 Å². The number of nitrogen functional groups attached to an aromatic ring is 1. The van der Waals surface area contributed by atoms with Crippen LogP contribution in [0.4, 0.5) is 5.69 Å². The minimum absolute atomic E-state index is 0.0628. The lowest BCUT2D eigenvalue weighted by Gasteiger charge is -2.14. The summed E-state index contributed by atoms with van der Waals surface area (Å²) in [6.07, 6.45) is 5.38. The zero-order chi connectivity index (χ0) is 13.3. The van der Waals surface area contributed by atoms with Crippen molar-refractivity contribution >= 4 is 27.3 Å². The van der Waals surface area contributed by atoms with E-state index in [0.29, 0.717) is 10.6 Å². The van der Waals surface area contributed by atoms with E-state index in [1.807, 2.05) is 12.2 Å². The second-order valence-corrected chi connectivity index (χ2v) is 6.50. The third-order valence-corrected chi connectivity index (χ3v) is 4.91. The molecule has 4 nitrogen and oxygen atoms in total. The number of nitrogens with one attached hydrogen (secondary N) is 1. The van der Waals surface area contributed by atoms with Gasteiger partial charge < -0.3 is 5.73 Å². The first-order chi connectivity index (χ1) is 8.40. The lowest BCUT2D eigenvalue weighted by Crippen LogP contribution is -2.33. The van der Waals surface area contributed by atoms with Crippen LogP contribution in [-0.4, -0.2) is 14.5 Å². The molecule has 1 aromatic carbocycles. The van der Waals surface area contributed by atoms with Crippen LogP contribution >= 0.6 is 11.6 Å². The first-order valence-electron chi connectivity index (χ1n) is 5.63. The maximum Gasteiger partial charge on any atom is 0.240 e. The molecule has 0 saturated carbocycles. The van der Waals surface area contributed by atoms with Gasteiger partial charge in [0.25, 0.3) is 0 Å². The number of anilines is 1. The standard InChI is InChI=1S/C12H15ClN2O2S/c1-8-6-10(7-11(14)12(8)13)18(16,17)15-9-4-2-3-5-9/h2-3,6-7,9,15H,4-5,14H2,1H3. The van der Waals surface area contributed by atoms with E-state index in [0.717, 1.165) is 12.8 Å². The molecule has 0 bridgehead atoms. The fourth-order valence-corrected chi connectivity index (χ4v) is 3.41. The average molecular weight is 287 g/mol. The summed E-state index contributed by atoms with van der Waals surface area (Å²) in [5, 5.41) is 0.400. The van der Waals surface area contributed by atoms with Crippen LogP contribution in [0.2, 0.25) is 5.02 Å². The van der Waals surface area contributed by atoms with E-state index in [9.17, 15) is 8.42 Å². The zero-order valence-electron chi connectivity index (χ0n) is 9.98. The Hall–Kier alpha value is -1.04. The lowest BCUT2D eigenvalue weighted by atomic mass is 10.2. The molecule has 0 fully saturated rings. The highest BCUT2D eigenvalue weighted by Crippen LogP contribution is 2.27. The minimum Gasteiger partial charge on any atom is -0.397 e. The van der Waals surface area contributed by atoms with E-state index in [1.54, 1.807) is 6.92 Å². The Morgan fingerprint density at radius 1 is 1.33 bits per heavy atom. The van der Waals surface area contributed by atoms with Crippen LogP contribution in [0.15, 0.2) is 29.2 Å². The number of hydrogen-bond donors (Lipinski definition) is 2. The van der Waals surface area contributed by atoms with E-state index >= 15 is 0 Å². The summed E-state index contributed by atoms with van der Waals surface area (Å²) < 4.78 is 27.0. The predicted molar refractivity (Wildman–Crippen MR) is 73.1 cm³/mol. The summed E-state index contributed by atoms with van der Waals surface area (Å²) in [5.41, 5.74) is 6.62. The average Bonchev–Trinajstić information content (AvgIpc) is 2.77. The molecule has 6 heteroatoms. The molecule has 0 aromatic heterocycles. The topological polar surface area (TPSA) is 72.2 Å². The second-order valence-electron chi connectivity index (χ2n) is 4.40. The van der Waals surface area contributed by atoms with E-state index in [-0.39, 0.29) is 16.6 Å². The van der Waals surface area contributed by atoms with E-state index < -0.39 is 10.0 Å². The zero-order valence-corrected chi connectivity index (χ0v) is 11.6. The third-order valence-electron chi connectivity index (χ3n) is 2.90. The molecule has 2 rings (SSSR count). The van der Waals surface area contributed by atoms with Gasteiger partial charge in [-0.3, -0.25) is 0 Å². The number of nitrogens with two attached hydrogens (primary N) is 1. The number of hydrogen-bond acceptors (Lipinski definition) is 3. The highest BCUT2D eigenvalue weighted by atomic mass is 35.5. The summed E-state index contributed by atoms with van der Waals surface area (Å²) in [6, 6.07) is 2.86. The molecule has 0 radical (unpaired) electrons. The maximum atomic E-state index is 12.2. The van der Waals surface area contributed by atoms with Crippen LogP contribution in [0.25, 0.3) is 0 Å². The van der Waals surface area contributed by atoms with Crippen molar-refractivity contribution < 1.29 is 8.42 Å². The lowest BCUT2D eigenvalue weighted by molar-refractivity contribution is 0.557. The predicted octanol–water partition coefficient (Wildman–Crippen LogP) is 2.23. The first kappa shape index (κ1) is 13.4. The molecule has 1 aliphatic rings. The summed E-state index contributed by atoms with van der Waals surface area (Å²) in [5.74, 6) is 0. The van der Waals surface area contributed by atoms with Gasteiger partial charge in [-0.1, -0.05) is 23.8 Å². The number of aryl methyl sites for hydroxylation is 1. The van der Waals surface area contributed by atoms with E-state index in [4.69, 9.17) is 17.3 Å². The van der Waals surface area contributed by atoms with Gasteiger partial charge in [0.2, 0.25) is 10.0 Å². The van der Waals surface area contributed by atoms with Crippen LogP contribution in [0, 0.1) is 6.92 Å². The van der Waals surface area contributed by atoms with Crippen molar-refractivity contribution in [2.75, 3.05) is 5.73 Å². The largest absolute Gasteiger partial charge is 0.397 e. The van der Waals surface area contributed by atoms with Crippen LogP contribution in [0.5, 0.6) is 0 Å². The Kier molecular flexibility index (Phi) is 3.66. The van der Waals surface area contributed by atoms with Gasteiger partial charge in [0.1, 0.15) is 0 Å². The Morgan fingerprint density at radius 3 is 2.50 bits per heavy atom. The SMILES string of the molecule is Cc1cc(S(=O)(=O)NC2CC=CC2)cc(N)c1Cl. The number of halogens is 1. The van der Waals surface area contributed by atoms with Gasteiger partial charge in [0.15, 0.2) is 0 Å². The molecule has 1 aromatic rings. The third kappa shape index (κ3) is 2.68. The van der Waals surface area contributed by atoms with Gasteiger partial charge in [-0.25, -0.2) is 13.1 Å². The summed E-state index contributed by atoms with van der Waals surface area (Å²) >= 11 is 5.92. The van der Waals surface area contributed by atoms with Gasteiger partial charge in [-0.15, -0.1) is 0 Å². The van der Waals surface area contributed by atoms with Crippen LogP contribution in [0.3, 0.4) is 0 Å². The van der Waals surface area contributed by atoms with Crippen molar-refractivity contribution in [3.63, 3.8) is 0 Å². The number of sulfonamides is 1. The van der Waals surface area contributed by atoms with Crippen molar-refractivity contribution in [2.24, 2.45) is 0 Å². The minimum atomic E-state index is -3.53. The Morgan fingerprint density at radius 2 is 1.94 bits per heavy atom. The molecule has 0 amide bonds. The van der Waals surface area contributed by atoms with Crippen molar-refractivity contribution in [1.29, 1.82) is 0 Å². The van der Waals surface area contributed by atoms with Crippen LogP contribution in [0.1, 0.15) is 18.4 Å². The quantitative estimate of drug-likeness (QED) is 0.661. The van der Waals surface area contributed by atoms with Crippen molar-refractivity contribution in [3.05, 3.63) is 34.9 Å². The normalized spacial score (nSPS) is 16.3. The van der Waals surface area contributed by atoms with Crippen LogP contribution < -0.4 is 10.5 Å². The maximum absolute atomic E-state index is 12.2. The van der Waals surface area contributed by atoms with Crippen molar-refractivity contribution in [2.45, 2.75) is 30.7 Å². The Balaban J connectivity index is 2.29. The van der Waals surface area contributed by atoms with Gasteiger partial charge in [-0.05, 0) is 37.5 Å². The summed E-state index contributed by atoms with van der Waals surface area (Å²) in [7, 11) is -3.53. The molecule has 3 N–H and O–H groups in total. The molecule has 0 heterocycles. The molecular formula is C12H15ClN2O2S. The van der Waals surface area contributed by atoms with Gasteiger partial charge in [0, 0.05) is 6.04 Å². The molecule has 0 aliphatic heterocycles. The summed E-state index contributed by atoms with van der Waals surface area (Å²) in [6.45, 7) is 1.73. The van der Waals surface area contributed by atoms with Gasteiger partial charge in [-0.2, -0.15) is 0 Å². The number of benzene rings is 1. The molecule has 0 saturated heterocycles. The van der Waals surface area contributed by atoms with Gasteiger partial charge in [0.05, 0.1) is 15.6 Å². The van der Waals surface area contributed by atoms with E-state index in [2.05, 4.69) is 4.72 Å². The number of rotatable bonds is 3. The summed E-state index contributed by atoms with van der Waals surface area (Å²) in [4.78, 5) is 0.161. The molecular weight excluding hydrogens is 272 g/mol. The highest BCUT2D eigenvalue weighted by Gasteiger charge is 2.21. The Bertz CT molecular complexity index is 565. The molecule has 0 unspecified atom stereocenters. The van der Waals surface area contributed by atoms with Crippen molar-refractivity contribution in [3.8, 4) is 0 Å². The highest BCUT2D eigenvalue weighted by molar-refractivity contribution is 7.89. The fourth-order valence-electron chi connectivity index (χ4n) is 1.92. The second kappa shape index (κ2) is 4.91. The smallest absolute Gasteiger partial charge is 0.240 e. The van der Waals surface area contributed by atoms with Crippen molar-refractivity contribution in [1.82, 2.24) is 4.72 Å². The first-order valence-corrected chi connectivity index (χ1v) is 7.49. The fraction of sp³-hybridized carbons (Fsp3) is 0.333. The van der Waals surface area contributed by atoms with Crippen LogP contribution in [-0.2, 0) is 10.0 Å². The molecule has 0 spiro atoms. The molecule has 1 aliphatic carbocycles. The molecule has 98 valence electrons. The monoisotopic (exact) mass is 286 g/mol. The van der Waals surface area contributed by atoms with E-state index in [1.165, 1.54) is 12.1 Å². The Labute approximate surface area is 112 Å². The molecule has 0 atom stereocenters. The molecule has 18 heavy (non-hydrogen) atoms.